The molecule has 0 atom stereocenters. The Morgan fingerprint density at radius 2 is 2.08 bits per heavy atom. The quantitative estimate of drug-likeness (QED) is 0.401. The third kappa shape index (κ3) is 5.46. The molecular weight excluding hydrogens is 451 g/mol. The minimum atomic E-state index is 0. The molecule has 0 aliphatic carbocycles. The molecule has 2 heterocycles. The number of nitrogens with one attached hydrogen (secondary N) is 2. The van der Waals surface area contributed by atoms with Gasteiger partial charge < -0.3 is 20.1 Å². The molecule has 6 nitrogen and oxygen atoms in total. The van der Waals surface area contributed by atoms with E-state index in [0.717, 1.165) is 41.8 Å². The second kappa shape index (κ2) is 9.81. The molecule has 1 aromatic heterocycles. The second-order valence-corrected chi connectivity index (χ2v) is 6.33. The van der Waals surface area contributed by atoms with Crippen LogP contribution in [0.5, 0.6) is 11.5 Å². The molecule has 0 unspecified atom stereocenters. The fourth-order valence-corrected chi connectivity index (χ4v) is 3.01. The van der Waals surface area contributed by atoms with Gasteiger partial charge in [-0.25, -0.2) is 9.98 Å². The van der Waals surface area contributed by atoms with Gasteiger partial charge in [0.25, 0.3) is 0 Å². The number of benzene rings is 1. The summed E-state index contributed by atoms with van der Waals surface area (Å²) in [6.07, 6.45) is 0.899. The van der Waals surface area contributed by atoms with E-state index in [1.165, 1.54) is 4.88 Å². The molecular formula is C17H23IN4O2S. The van der Waals surface area contributed by atoms with Crippen LogP contribution in [0.4, 0.5) is 5.69 Å². The summed E-state index contributed by atoms with van der Waals surface area (Å²) in [5.74, 6) is 2.30. The number of aromatic nitrogens is 1. The average Bonchev–Trinajstić information content (AvgIpc) is 2.85. The first-order valence-electron chi connectivity index (χ1n) is 8.10. The number of hydrogen-bond donors (Lipinski definition) is 2. The van der Waals surface area contributed by atoms with Crippen molar-refractivity contribution < 1.29 is 9.47 Å². The van der Waals surface area contributed by atoms with Crippen LogP contribution in [0.3, 0.4) is 0 Å². The van der Waals surface area contributed by atoms with Gasteiger partial charge in [-0.1, -0.05) is 0 Å². The van der Waals surface area contributed by atoms with Crippen molar-refractivity contribution in [2.45, 2.75) is 26.8 Å². The van der Waals surface area contributed by atoms with Crippen LogP contribution in [0.25, 0.3) is 0 Å². The normalized spacial score (nSPS) is 13.6. The number of rotatable bonds is 4. The van der Waals surface area contributed by atoms with Gasteiger partial charge in [-0.05, 0) is 26.0 Å². The molecule has 2 N–H and O–H groups in total. The van der Waals surface area contributed by atoms with Crippen LogP contribution < -0.4 is 20.1 Å². The van der Waals surface area contributed by atoms with Gasteiger partial charge in [-0.15, -0.1) is 35.3 Å². The average molecular weight is 474 g/mol. The highest BCUT2D eigenvalue weighted by atomic mass is 127. The summed E-state index contributed by atoms with van der Waals surface area (Å²) in [5, 5.41) is 6.58. The topological polar surface area (TPSA) is 67.8 Å². The van der Waals surface area contributed by atoms with Crippen LogP contribution in [0.15, 0.2) is 28.7 Å². The van der Waals surface area contributed by atoms with Crippen LogP contribution in [0.1, 0.15) is 23.9 Å². The zero-order valence-corrected chi connectivity index (χ0v) is 17.5. The van der Waals surface area contributed by atoms with Gasteiger partial charge >= 0.3 is 0 Å². The van der Waals surface area contributed by atoms with Gasteiger partial charge in [0.1, 0.15) is 0 Å². The van der Waals surface area contributed by atoms with Crippen molar-refractivity contribution in [2.75, 3.05) is 25.1 Å². The Morgan fingerprint density at radius 3 is 2.80 bits per heavy atom. The molecule has 0 amide bonds. The maximum Gasteiger partial charge on any atom is 0.196 e. The lowest BCUT2D eigenvalue weighted by molar-refractivity contribution is 0.297. The Morgan fingerprint density at radius 1 is 1.28 bits per heavy atom. The predicted molar refractivity (Wildman–Crippen MR) is 113 cm³/mol. The molecule has 1 aliphatic rings. The van der Waals surface area contributed by atoms with Crippen molar-refractivity contribution >= 4 is 47.0 Å². The molecule has 136 valence electrons. The summed E-state index contributed by atoms with van der Waals surface area (Å²) in [4.78, 5) is 10.1. The lowest BCUT2D eigenvalue weighted by Crippen LogP contribution is -2.30. The van der Waals surface area contributed by atoms with E-state index in [0.29, 0.717) is 19.8 Å². The van der Waals surface area contributed by atoms with Crippen molar-refractivity contribution in [1.82, 2.24) is 10.3 Å². The summed E-state index contributed by atoms with van der Waals surface area (Å²) < 4.78 is 11.4. The summed E-state index contributed by atoms with van der Waals surface area (Å²) in [6.45, 7) is 6.82. The Bertz CT molecular complexity index is 720. The molecule has 3 rings (SSSR count). The SMILES string of the molecule is CCNC(=NCc1scnc1C)Nc1ccc2c(c1)OCCCO2.I. The summed E-state index contributed by atoms with van der Waals surface area (Å²) >= 11 is 1.63. The van der Waals surface area contributed by atoms with Crippen molar-refractivity contribution in [1.29, 1.82) is 0 Å². The molecule has 1 aliphatic heterocycles. The van der Waals surface area contributed by atoms with Gasteiger partial charge in [0.15, 0.2) is 17.5 Å². The summed E-state index contributed by atoms with van der Waals surface area (Å²) in [6, 6.07) is 5.85. The first-order valence-corrected chi connectivity index (χ1v) is 8.98. The Kier molecular flexibility index (Phi) is 7.76. The number of nitrogens with zero attached hydrogens (tertiary/aromatic N) is 2. The van der Waals surface area contributed by atoms with E-state index in [9.17, 15) is 0 Å². The molecule has 1 aromatic carbocycles. The van der Waals surface area contributed by atoms with E-state index in [4.69, 9.17) is 9.47 Å². The lowest BCUT2D eigenvalue weighted by Gasteiger charge is -2.13. The van der Waals surface area contributed by atoms with Crippen molar-refractivity contribution in [3.05, 3.63) is 34.3 Å². The number of aliphatic imine (C=N–C) groups is 1. The van der Waals surface area contributed by atoms with Crippen LogP contribution >= 0.6 is 35.3 Å². The maximum absolute atomic E-state index is 5.73. The fourth-order valence-electron chi connectivity index (χ4n) is 2.31. The minimum Gasteiger partial charge on any atom is -0.490 e. The van der Waals surface area contributed by atoms with Crippen LogP contribution in [-0.4, -0.2) is 30.7 Å². The smallest absolute Gasteiger partial charge is 0.196 e. The van der Waals surface area contributed by atoms with Gasteiger partial charge in [0, 0.05) is 29.6 Å². The zero-order chi connectivity index (χ0) is 16.8. The largest absolute Gasteiger partial charge is 0.490 e. The van der Waals surface area contributed by atoms with Crippen molar-refractivity contribution in [3.63, 3.8) is 0 Å². The van der Waals surface area contributed by atoms with Gasteiger partial charge in [-0.2, -0.15) is 0 Å². The Labute approximate surface area is 169 Å². The fraction of sp³-hybridized carbons (Fsp3) is 0.412. The number of halogens is 1. The van der Waals surface area contributed by atoms with E-state index < -0.39 is 0 Å². The van der Waals surface area contributed by atoms with Crippen molar-refractivity contribution in [2.24, 2.45) is 4.99 Å². The highest BCUT2D eigenvalue weighted by Crippen LogP contribution is 2.32. The van der Waals surface area contributed by atoms with Gasteiger partial charge in [0.2, 0.25) is 0 Å². The first-order chi connectivity index (χ1) is 11.8. The number of aryl methyl sites for hydroxylation is 1. The third-order valence-electron chi connectivity index (χ3n) is 3.58. The minimum absolute atomic E-state index is 0. The molecule has 0 radical (unpaired) electrons. The van der Waals surface area contributed by atoms with Gasteiger partial charge in [0.05, 0.1) is 31.0 Å². The molecule has 0 bridgehead atoms. The highest BCUT2D eigenvalue weighted by molar-refractivity contribution is 14.0. The first kappa shape index (κ1) is 19.8. The third-order valence-corrected chi connectivity index (χ3v) is 4.50. The summed E-state index contributed by atoms with van der Waals surface area (Å²) in [7, 11) is 0. The monoisotopic (exact) mass is 474 g/mol. The molecule has 0 spiro atoms. The number of ether oxygens (including phenoxy) is 2. The lowest BCUT2D eigenvalue weighted by atomic mass is 10.3. The zero-order valence-electron chi connectivity index (χ0n) is 14.4. The van der Waals surface area contributed by atoms with Crippen molar-refractivity contribution in [3.8, 4) is 11.5 Å². The van der Waals surface area contributed by atoms with E-state index in [1.54, 1.807) is 11.3 Å². The number of guanidine groups is 1. The molecule has 0 saturated heterocycles. The second-order valence-electron chi connectivity index (χ2n) is 5.39. The standard InChI is InChI=1S/C17H22N4O2S.HI/c1-3-18-17(19-10-16-12(2)20-11-24-16)21-13-5-6-14-15(9-13)23-8-4-7-22-14;/h5-6,9,11H,3-4,7-8,10H2,1-2H3,(H2,18,19,21);1H. The van der Waals surface area contributed by atoms with E-state index in [-0.39, 0.29) is 24.0 Å². The molecule has 0 saturated carbocycles. The number of fused-ring (bicyclic) bond motifs is 1. The Hall–Kier alpha value is -1.55. The Balaban J connectivity index is 0.00000225. The van der Waals surface area contributed by atoms with E-state index >= 15 is 0 Å². The maximum atomic E-state index is 5.73. The summed E-state index contributed by atoms with van der Waals surface area (Å²) in [5.41, 5.74) is 3.81. The number of hydrogen-bond acceptors (Lipinski definition) is 5. The van der Waals surface area contributed by atoms with Gasteiger partial charge in [-0.3, -0.25) is 0 Å². The molecule has 0 fully saturated rings. The van der Waals surface area contributed by atoms with E-state index in [2.05, 4.69) is 20.6 Å². The molecule has 8 heteroatoms. The van der Waals surface area contributed by atoms with Crippen LogP contribution in [0, 0.1) is 6.92 Å². The predicted octanol–water partition coefficient (Wildman–Crippen LogP) is 3.81. The number of anilines is 1. The molecule has 25 heavy (non-hydrogen) atoms. The highest BCUT2D eigenvalue weighted by Gasteiger charge is 2.11. The van der Waals surface area contributed by atoms with Crippen LogP contribution in [-0.2, 0) is 6.54 Å². The van der Waals surface area contributed by atoms with E-state index in [1.807, 2.05) is 37.6 Å². The van der Waals surface area contributed by atoms with Crippen LogP contribution in [0.2, 0.25) is 0 Å². The molecule has 2 aromatic rings. The number of thiazole rings is 1.